The Balaban J connectivity index is 2.41. The van der Waals surface area contributed by atoms with Gasteiger partial charge in [-0.3, -0.25) is 0 Å². The van der Waals surface area contributed by atoms with E-state index in [2.05, 4.69) is 6.07 Å². The maximum absolute atomic E-state index is 9.82. The van der Waals surface area contributed by atoms with Gasteiger partial charge in [0, 0.05) is 12.2 Å². The van der Waals surface area contributed by atoms with Crippen molar-refractivity contribution in [2.75, 3.05) is 6.61 Å². The molecule has 0 bridgehead atoms. The van der Waals surface area contributed by atoms with Crippen LogP contribution in [-0.2, 0) is 6.42 Å². The van der Waals surface area contributed by atoms with Crippen LogP contribution in [0.5, 0.6) is 11.5 Å². The Bertz CT molecular complexity index is 659. The number of aliphatic hydroxyl groups excluding tert-OH is 2. The van der Waals surface area contributed by atoms with E-state index < -0.39 is 6.10 Å². The van der Waals surface area contributed by atoms with Crippen LogP contribution < -0.4 is 4.74 Å². The number of rotatable bonds is 5. The van der Waals surface area contributed by atoms with Crippen molar-refractivity contribution in [2.45, 2.75) is 19.4 Å². The highest BCUT2D eigenvalue weighted by atomic mass is 16.5. The van der Waals surface area contributed by atoms with Crippen LogP contribution >= 0.6 is 0 Å². The van der Waals surface area contributed by atoms with E-state index in [0.29, 0.717) is 29.0 Å². The van der Waals surface area contributed by atoms with Gasteiger partial charge >= 0.3 is 0 Å². The van der Waals surface area contributed by atoms with Gasteiger partial charge < -0.3 is 14.9 Å². The maximum Gasteiger partial charge on any atom is 0.134 e. The highest BCUT2D eigenvalue weighted by molar-refractivity contribution is 5.47. The lowest BCUT2D eigenvalue weighted by molar-refractivity contribution is 0.195. The Morgan fingerprint density at radius 2 is 1.95 bits per heavy atom. The first kappa shape index (κ1) is 15.0. The van der Waals surface area contributed by atoms with Crippen LogP contribution in [0, 0.1) is 11.3 Å². The molecular weight excluding hydrogens is 266 g/mol. The van der Waals surface area contributed by atoms with Crippen LogP contribution in [0.4, 0.5) is 0 Å². The molecule has 2 aromatic carbocycles. The van der Waals surface area contributed by atoms with E-state index >= 15 is 0 Å². The molecule has 0 spiro atoms. The van der Waals surface area contributed by atoms with Crippen molar-refractivity contribution in [2.24, 2.45) is 0 Å². The number of benzene rings is 2. The molecule has 4 nitrogen and oxygen atoms in total. The molecule has 0 saturated heterocycles. The summed E-state index contributed by atoms with van der Waals surface area (Å²) in [5.41, 5.74) is 1.96. The summed E-state index contributed by atoms with van der Waals surface area (Å²) in [5.74, 6) is 1.07. The normalized spacial score (nSPS) is 11.7. The van der Waals surface area contributed by atoms with Gasteiger partial charge in [0.1, 0.15) is 11.5 Å². The predicted octanol–water partition coefficient (Wildman–Crippen LogP) is 2.94. The van der Waals surface area contributed by atoms with E-state index in [-0.39, 0.29) is 6.61 Å². The zero-order valence-electron chi connectivity index (χ0n) is 11.8. The van der Waals surface area contributed by atoms with E-state index in [0.717, 1.165) is 5.56 Å². The molecule has 0 radical (unpaired) electrons. The molecule has 0 heterocycles. The van der Waals surface area contributed by atoms with Gasteiger partial charge in [-0.05, 0) is 37.1 Å². The molecular formula is C17H17NO3. The highest BCUT2D eigenvalue weighted by Crippen LogP contribution is 2.32. The van der Waals surface area contributed by atoms with Crippen LogP contribution in [0.3, 0.4) is 0 Å². The number of nitriles is 1. The van der Waals surface area contributed by atoms with E-state index in [4.69, 9.17) is 15.1 Å². The molecule has 4 heteroatoms. The van der Waals surface area contributed by atoms with Crippen molar-refractivity contribution in [1.82, 2.24) is 0 Å². The lowest BCUT2D eigenvalue weighted by Gasteiger charge is -2.15. The monoisotopic (exact) mass is 283 g/mol. The highest BCUT2D eigenvalue weighted by Gasteiger charge is 2.12. The number of ether oxygens (including phenoxy) is 1. The Morgan fingerprint density at radius 3 is 2.62 bits per heavy atom. The number of hydrogen-bond donors (Lipinski definition) is 2. The number of hydrogen-bond acceptors (Lipinski definition) is 4. The topological polar surface area (TPSA) is 73.5 Å². The summed E-state index contributed by atoms with van der Waals surface area (Å²) in [4.78, 5) is 0. The molecule has 2 aromatic rings. The molecule has 0 fully saturated rings. The smallest absolute Gasteiger partial charge is 0.134 e. The molecule has 2 rings (SSSR count). The van der Waals surface area contributed by atoms with Crippen molar-refractivity contribution in [3.63, 3.8) is 0 Å². The fraction of sp³-hybridized carbons (Fsp3) is 0.235. The second kappa shape index (κ2) is 6.89. The largest absolute Gasteiger partial charge is 0.457 e. The molecule has 2 N–H and O–H groups in total. The second-order valence-corrected chi connectivity index (χ2v) is 4.72. The molecule has 0 aliphatic carbocycles. The minimum absolute atomic E-state index is 0.0296. The zero-order valence-corrected chi connectivity index (χ0v) is 11.8. The van der Waals surface area contributed by atoms with Gasteiger partial charge in [-0.1, -0.05) is 24.3 Å². The van der Waals surface area contributed by atoms with E-state index in [1.54, 1.807) is 31.2 Å². The SMILES string of the molecule is C[C@@H](O)c1ccc(C#N)cc1Oc1ccccc1CCO. The summed E-state index contributed by atoms with van der Waals surface area (Å²) in [7, 11) is 0. The van der Waals surface area contributed by atoms with Gasteiger partial charge in [0.15, 0.2) is 0 Å². The molecule has 0 aliphatic rings. The van der Waals surface area contributed by atoms with Gasteiger partial charge in [0.05, 0.1) is 17.7 Å². The van der Waals surface area contributed by atoms with Crippen LogP contribution in [-0.4, -0.2) is 16.8 Å². The van der Waals surface area contributed by atoms with Crippen LogP contribution in [0.25, 0.3) is 0 Å². The van der Waals surface area contributed by atoms with Crippen molar-refractivity contribution in [3.8, 4) is 17.6 Å². The van der Waals surface area contributed by atoms with Crippen molar-refractivity contribution in [1.29, 1.82) is 5.26 Å². The third kappa shape index (κ3) is 3.60. The summed E-state index contributed by atoms with van der Waals surface area (Å²) in [6.45, 7) is 1.68. The third-order valence-corrected chi connectivity index (χ3v) is 3.17. The fourth-order valence-electron chi connectivity index (χ4n) is 2.09. The third-order valence-electron chi connectivity index (χ3n) is 3.17. The Kier molecular flexibility index (Phi) is 4.94. The molecule has 0 aliphatic heterocycles. The fourth-order valence-corrected chi connectivity index (χ4v) is 2.09. The lowest BCUT2D eigenvalue weighted by Crippen LogP contribution is -1.99. The van der Waals surface area contributed by atoms with Crippen molar-refractivity contribution in [3.05, 3.63) is 59.2 Å². The van der Waals surface area contributed by atoms with Crippen molar-refractivity contribution < 1.29 is 14.9 Å². The van der Waals surface area contributed by atoms with Gasteiger partial charge in [-0.25, -0.2) is 0 Å². The summed E-state index contributed by atoms with van der Waals surface area (Å²) in [6, 6.07) is 14.4. The Labute approximate surface area is 123 Å². The van der Waals surface area contributed by atoms with Crippen LogP contribution in [0.2, 0.25) is 0 Å². The summed E-state index contributed by atoms with van der Waals surface area (Å²) in [6.07, 6.45) is -0.212. The average Bonchev–Trinajstić information content (AvgIpc) is 2.49. The Hall–Kier alpha value is -2.35. The summed E-state index contributed by atoms with van der Waals surface area (Å²) >= 11 is 0. The quantitative estimate of drug-likeness (QED) is 0.884. The number of aliphatic hydroxyl groups is 2. The average molecular weight is 283 g/mol. The van der Waals surface area contributed by atoms with Crippen LogP contribution in [0.1, 0.15) is 29.7 Å². The van der Waals surface area contributed by atoms with Gasteiger partial charge in [0.25, 0.3) is 0 Å². The number of nitrogens with zero attached hydrogens (tertiary/aromatic N) is 1. The first-order valence-electron chi connectivity index (χ1n) is 6.74. The number of para-hydroxylation sites is 1. The molecule has 0 unspecified atom stereocenters. The van der Waals surface area contributed by atoms with Gasteiger partial charge in [-0.2, -0.15) is 5.26 Å². The lowest BCUT2D eigenvalue weighted by atomic mass is 10.1. The van der Waals surface area contributed by atoms with Crippen LogP contribution in [0.15, 0.2) is 42.5 Å². The van der Waals surface area contributed by atoms with E-state index in [9.17, 15) is 5.11 Å². The second-order valence-electron chi connectivity index (χ2n) is 4.72. The first-order chi connectivity index (χ1) is 10.2. The molecule has 0 amide bonds. The van der Waals surface area contributed by atoms with Crippen molar-refractivity contribution >= 4 is 0 Å². The molecule has 108 valence electrons. The van der Waals surface area contributed by atoms with E-state index in [1.807, 2.05) is 18.2 Å². The Morgan fingerprint density at radius 1 is 1.19 bits per heavy atom. The molecule has 21 heavy (non-hydrogen) atoms. The van der Waals surface area contributed by atoms with E-state index in [1.165, 1.54) is 0 Å². The summed E-state index contributed by atoms with van der Waals surface area (Å²) in [5, 5.41) is 27.9. The maximum atomic E-state index is 9.82. The molecule has 0 saturated carbocycles. The zero-order chi connectivity index (χ0) is 15.2. The standard InChI is InChI=1S/C17H17NO3/c1-12(20)15-7-6-13(11-18)10-17(15)21-16-5-3-2-4-14(16)8-9-19/h2-7,10,12,19-20H,8-9H2,1H3/t12-/m1/s1. The van der Waals surface area contributed by atoms with Gasteiger partial charge in [0.2, 0.25) is 0 Å². The molecule has 0 aromatic heterocycles. The predicted molar refractivity (Wildman–Crippen MR) is 79.1 cm³/mol. The summed E-state index contributed by atoms with van der Waals surface area (Å²) < 4.78 is 5.87. The van der Waals surface area contributed by atoms with Gasteiger partial charge in [-0.15, -0.1) is 0 Å². The molecule has 1 atom stereocenters. The minimum atomic E-state index is -0.697. The first-order valence-corrected chi connectivity index (χ1v) is 6.74. The minimum Gasteiger partial charge on any atom is -0.457 e.